The lowest BCUT2D eigenvalue weighted by Gasteiger charge is -2.38. The molecule has 32 heavy (non-hydrogen) atoms. The van der Waals surface area contributed by atoms with Crippen molar-refractivity contribution in [2.24, 2.45) is 0 Å². The fourth-order valence-corrected chi connectivity index (χ4v) is 6.53. The van der Waals surface area contributed by atoms with Gasteiger partial charge in [0.1, 0.15) is 11.6 Å². The summed E-state index contributed by atoms with van der Waals surface area (Å²) in [4.78, 5) is 11.6. The van der Waals surface area contributed by atoms with Gasteiger partial charge in [0.15, 0.2) is 18.2 Å². The maximum atomic E-state index is 14.8. The second kappa shape index (κ2) is 10.6. The summed E-state index contributed by atoms with van der Waals surface area (Å²) in [7, 11) is -6.18. The predicted molar refractivity (Wildman–Crippen MR) is 128 cm³/mol. The molecule has 7 nitrogen and oxygen atoms in total. The Bertz CT molecular complexity index is 975. The second-order valence-electron chi connectivity index (χ2n) is 9.46. The van der Waals surface area contributed by atoms with Gasteiger partial charge in [-0.2, -0.15) is 5.26 Å². The van der Waals surface area contributed by atoms with Crippen molar-refractivity contribution in [3.8, 4) is 6.07 Å². The van der Waals surface area contributed by atoms with E-state index in [2.05, 4.69) is 55.1 Å². The molecule has 2 atom stereocenters. The van der Waals surface area contributed by atoms with Crippen LogP contribution in [0.1, 0.15) is 46.1 Å². The largest absolute Gasteiger partial charge is 0.465 e. The molecule has 0 aliphatic carbocycles. The van der Waals surface area contributed by atoms with Crippen molar-refractivity contribution in [3.05, 3.63) is 34.1 Å². The molecule has 2 unspecified atom stereocenters. The molecule has 0 radical (unpaired) electrons. The summed E-state index contributed by atoms with van der Waals surface area (Å²) in [6.45, 7) is 12.0. The molecule has 0 aliphatic rings. The molecule has 1 rings (SSSR count). The van der Waals surface area contributed by atoms with Gasteiger partial charge in [0.25, 0.3) is 0 Å². The Balaban J connectivity index is 3.39. The van der Waals surface area contributed by atoms with Gasteiger partial charge in [0, 0.05) is 16.6 Å². The van der Waals surface area contributed by atoms with Crippen LogP contribution in [-0.2, 0) is 19.8 Å². The molecule has 0 aromatic heterocycles. The minimum Gasteiger partial charge on any atom is -0.465 e. The van der Waals surface area contributed by atoms with E-state index < -0.39 is 46.6 Å². The lowest BCUT2D eigenvalue weighted by Crippen LogP contribution is -2.55. The molecule has 1 aromatic carbocycles. The van der Waals surface area contributed by atoms with Crippen molar-refractivity contribution in [2.45, 2.75) is 69.5 Å². The maximum absolute atomic E-state index is 14.8. The number of amides is 1. The maximum Gasteiger partial charge on any atom is 0.405 e. The number of nitrogens with one attached hydrogen (secondary N) is 1. The highest BCUT2D eigenvalue weighted by atomic mass is 79.9. The first kappa shape index (κ1) is 28.5. The predicted octanol–water partition coefficient (Wildman–Crippen LogP) is 5.18. The standard InChI is InChI=1S/C21H32BrFN2O5SSi/c1-20(2,3)32(5,6)30-12-7-8-18(31(28,29)13-11-24)21(4,25-19(26)27)16-14-15(22)9-10-17(16)23/h9-10,14,18,25H,7-8,12-13H2,1-6H3,(H,26,27). The highest BCUT2D eigenvalue weighted by Crippen LogP contribution is 2.38. The topological polar surface area (TPSA) is 116 Å². The van der Waals surface area contributed by atoms with Crippen LogP contribution in [0.2, 0.25) is 18.1 Å². The summed E-state index contributed by atoms with van der Waals surface area (Å²) in [5, 5.41) is 19.3. The molecule has 0 fully saturated rings. The Hall–Kier alpha value is -1.48. The number of carbonyl (C=O) groups is 1. The first-order valence-corrected chi connectivity index (χ1v) is 15.6. The fourth-order valence-electron chi connectivity index (χ4n) is 3.27. The van der Waals surface area contributed by atoms with E-state index in [4.69, 9.17) is 9.69 Å². The van der Waals surface area contributed by atoms with E-state index in [0.717, 1.165) is 6.07 Å². The number of rotatable bonds is 10. The van der Waals surface area contributed by atoms with Gasteiger partial charge < -0.3 is 14.8 Å². The van der Waals surface area contributed by atoms with E-state index in [1.165, 1.54) is 19.1 Å². The van der Waals surface area contributed by atoms with Gasteiger partial charge >= 0.3 is 6.09 Å². The number of carboxylic acid groups (broad SMARTS) is 1. The van der Waals surface area contributed by atoms with Crippen LogP contribution in [-0.4, -0.2) is 45.5 Å². The van der Waals surface area contributed by atoms with Crippen LogP contribution >= 0.6 is 15.9 Å². The van der Waals surface area contributed by atoms with Crippen LogP contribution < -0.4 is 5.32 Å². The molecule has 1 amide bonds. The molecular formula is C21H32BrFN2O5SSi. The second-order valence-corrected chi connectivity index (χ2v) is 17.4. The molecular weight excluding hydrogens is 519 g/mol. The quantitative estimate of drug-likeness (QED) is 0.306. The van der Waals surface area contributed by atoms with Crippen molar-refractivity contribution in [2.75, 3.05) is 12.4 Å². The molecule has 0 bridgehead atoms. The van der Waals surface area contributed by atoms with E-state index in [0.29, 0.717) is 10.9 Å². The van der Waals surface area contributed by atoms with Crippen molar-refractivity contribution in [1.29, 1.82) is 5.26 Å². The molecule has 2 N–H and O–H groups in total. The SMILES string of the molecule is CC(NC(=O)O)(c1cc(Br)ccc1F)C(CCCO[Si](C)(C)C(C)(C)C)S(=O)(=O)CC#N. The molecule has 0 saturated heterocycles. The monoisotopic (exact) mass is 550 g/mol. The summed E-state index contributed by atoms with van der Waals surface area (Å²) in [5.74, 6) is -1.56. The third-order valence-corrected chi connectivity index (χ3v) is 13.2. The highest BCUT2D eigenvalue weighted by Gasteiger charge is 2.46. The molecule has 0 aliphatic heterocycles. The average molecular weight is 552 g/mol. The number of hydrogen-bond donors (Lipinski definition) is 2. The lowest BCUT2D eigenvalue weighted by atomic mass is 9.85. The summed E-state index contributed by atoms with van der Waals surface area (Å²) in [5.41, 5.74) is -1.95. The summed E-state index contributed by atoms with van der Waals surface area (Å²) in [6, 6.07) is 5.56. The first-order valence-electron chi connectivity index (χ1n) is 10.2. The Morgan fingerprint density at radius 3 is 2.44 bits per heavy atom. The van der Waals surface area contributed by atoms with Gasteiger partial charge in [-0.3, -0.25) is 0 Å². The van der Waals surface area contributed by atoms with Crippen LogP contribution in [0.4, 0.5) is 9.18 Å². The van der Waals surface area contributed by atoms with E-state index >= 15 is 0 Å². The van der Waals surface area contributed by atoms with Gasteiger partial charge in [-0.15, -0.1) is 0 Å². The Kier molecular flexibility index (Phi) is 9.48. The van der Waals surface area contributed by atoms with Gasteiger partial charge in [-0.05, 0) is 56.1 Å². The molecule has 1 aromatic rings. The van der Waals surface area contributed by atoms with Crippen molar-refractivity contribution in [3.63, 3.8) is 0 Å². The number of nitriles is 1. The molecule has 0 heterocycles. The van der Waals surface area contributed by atoms with Gasteiger partial charge in [-0.1, -0.05) is 36.7 Å². The average Bonchev–Trinajstić information content (AvgIpc) is 2.61. The molecule has 0 saturated carbocycles. The van der Waals surface area contributed by atoms with Crippen LogP contribution in [0.15, 0.2) is 22.7 Å². The van der Waals surface area contributed by atoms with Crippen LogP contribution in [0.25, 0.3) is 0 Å². The highest BCUT2D eigenvalue weighted by molar-refractivity contribution is 9.10. The van der Waals surface area contributed by atoms with Crippen molar-refractivity contribution >= 4 is 40.2 Å². The number of nitrogens with zero attached hydrogens (tertiary/aromatic N) is 1. The molecule has 11 heteroatoms. The van der Waals surface area contributed by atoms with E-state index in [9.17, 15) is 22.7 Å². The van der Waals surface area contributed by atoms with E-state index in [-0.39, 0.29) is 23.6 Å². The Labute approximate surface area is 199 Å². The number of sulfone groups is 1. The van der Waals surface area contributed by atoms with Crippen molar-refractivity contribution in [1.82, 2.24) is 5.32 Å². The smallest absolute Gasteiger partial charge is 0.405 e. The van der Waals surface area contributed by atoms with Gasteiger partial charge in [0.2, 0.25) is 0 Å². The van der Waals surface area contributed by atoms with E-state index in [1.54, 1.807) is 6.07 Å². The fraction of sp³-hybridized carbons (Fsp3) is 0.619. The third kappa shape index (κ3) is 7.01. The number of benzene rings is 1. The van der Waals surface area contributed by atoms with Crippen LogP contribution in [0.5, 0.6) is 0 Å². The summed E-state index contributed by atoms with van der Waals surface area (Å²) in [6.07, 6.45) is -1.21. The summed E-state index contributed by atoms with van der Waals surface area (Å²) < 4.78 is 47.5. The first-order chi connectivity index (χ1) is 14.5. The van der Waals surface area contributed by atoms with Crippen LogP contribution in [0.3, 0.4) is 0 Å². The van der Waals surface area contributed by atoms with Crippen LogP contribution in [0, 0.1) is 17.1 Å². The normalized spacial score (nSPS) is 15.5. The molecule has 180 valence electrons. The lowest BCUT2D eigenvalue weighted by molar-refractivity contribution is 0.175. The zero-order valence-electron chi connectivity index (χ0n) is 19.3. The van der Waals surface area contributed by atoms with Crippen molar-refractivity contribution < 1.29 is 27.1 Å². The third-order valence-electron chi connectivity index (χ3n) is 6.08. The zero-order valence-corrected chi connectivity index (χ0v) is 22.7. The minimum absolute atomic E-state index is 0.0125. The number of halogens is 2. The summed E-state index contributed by atoms with van der Waals surface area (Å²) >= 11 is 3.23. The minimum atomic E-state index is -4.11. The molecule has 0 spiro atoms. The Morgan fingerprint density at radius 1 is 1.34 bits per heavy atom. The zero-order chi connectivity index (χ0) is 25.0. The van der Waals surface area contributed by atoms with E-state index in [1.807, 2.05) is 0 Å². The number of hydrogen-bond acceptors (Lipinski definition) is 5. The Morgan fingerprint density at radius 2 is 1.94 bits per heavy atom. The van der Waals surface area contributed by atoms with Gasteiger partial charge in [0.05, 0.1) is 16.9 Å². The van der Waals surface area contributed by atoms with Gasteiger partial charge in [-0.25, -0.2) is 17.6 Å².